The Labute approximate surface area is 163 Å². The van der Waals surface area contributed by atoms with Gasteiger partial charge < -0.3 is 10.1 Å². The van der Waals surface area contributed by atoms with Gasteiger partial charge in [-0.05, 0) is 46.4 Å². The zero-order valence-electron chi connectivity index (χ0n) is 16.2. The number of nitrogens with one attached hydrogen (secondary N) is 1. The molecule has 28 heavy (non-hydrogen) atoms. The van der Waals surface area contributed by atoms with Crippen LogP contribution in [0.2, 0.25) is 0 Å². The van der Waals surface area contributed by atoms with Crippen molar-refractivity contribution in [3.63, 3.8) is 0 Å². The van der Waals surface area contributed by atoms with E-state index in [0.717, 1.165) is 22.1 Å². The molecule has 0 aliphatic rings. The van der Waals surface area contributed by atoms with Crippen molar-refractivity contribution in [1.29, 1.82) is 0 Å². The van der Waals surface area contributed by atoms with Gasteiger partial charge in [0.25, 0.3) is 5.56 Å². The van der Waals surface area contributed by atoms with Crippen molar-refractivity contribution in [2.45, 2.75) is 32.8 Å². The molecule has 4 rings (SSSR count). The zero-order valence-corrected chi connectivity index (χ0v) is 16.2. The van der Waals surface area contributed by atoms with Gasteiger partial charge in [0.2, 0.25) is 0 Å². The lowest BCUT2D eigenvalue weighted by molar-refractivity contribution is 0.282. The first-order chi connectivity index (χ1) is 13.4. The van der Waals surface area contributed by atoms with E-state index in [4.69, 9.17) is 0 Å². The summed E-state index contributed by atoms with van der Waals surface area (Å²) in [6.07, 6.45) is 5.41. The lowest BCUT2D eigenvalue weighted by Crippen LogP contribution is -2.23. The second-order valence-electron chi connectivity index (χ2n) is 7.97. The third-order valence-electron chi connectivity index (χ3n) is 5.10. The molecule has 2 aromatic heterocycles. The maximum Gasteiger partial charge on any atom is 0.279 e. The molecule has 5 nitrogen and oxygen atoms in total. The lowest BCUT2D eigenvalue weighted by Gasteiger charge is -2.19. The van der Waals surface area contributed by atoms with E-state index < -0.39 is 0 Å². The van der Waals surface area contributed by atoms with Gasteiger partial charge in [0.05, 0.1) is 23.9 Å². The van der Waals surface area contributed by atoms with E-state index in [-0.39, 0.29) is 17.6 Å². The number of aromatic nitrogens is 3. The van der Waals surface area contributed by atoms with Gasteiger partial charge in [-0.25, -0.2) is 0 Å². The number of aliphatic hydroxyl groups excluding tert-OH is 1. The van der Waals surface area contributed by atoms with Gasteiger partial charge in [0.1, 0.15) is 0 Å². The minimum atomic E-state index is -0.195. The molecule has 5 heteroatoms. The van der Waals surface area contributed by atoms with Crippen LogP contribution in [0.5, 0.6) is 0 Å². The normalized spacial score (nSPS) is 11.9. The van der Waals surface area contributed by atoms with Crippen LogP contribution in [0.3, 0.4) is 0 Å². The third-order valence-corrected chi connectivity index (χ3v) is 5.10. The first-order valence-corrected chi connectivity index (χ1v) is 9.29. The van der Waals surface area contributed by atoms with Crippen molar-refractivity contribution in [1.82, 2.24) is 14.8 Å². The molecule has 2 N–H and O–H groups in total. The smallest absolute Gasteiger partial charge is 0.279 e. The van der Waals surface area contributed by atoms with Crippen LogP contribution in [0.15, 0.2) is 65.8 Å². The summed E-state index contributed by atoms with van der Waals surface area (Å²) in [5.74, 6) is 0. The van der Waals surface area contributed by atoms with Crippen LogP contribution < -0.4 is 5.56 Å². The fourth-order valence-corrected chi connectivity index (χ4v) is 3.49. The molecule has 0 aliphatic carbocycles. The summed E-state index contributed by atoms with van der Waals surface area (Å²) in [6, 6.07) is 13.4. The molecule has 0 atom stereocenters. The molecule has 0 unspecified atom stereocenters. The lowest BCUT2D eigenvalue weighted by atomic mass is 9.86. The summed E-state index contributed by atoms with van der Waals surface area (Å²) in [6.45, 7) is 6.24. The maximum absolute atomic E-state index is 13.2. The van der Waals surface area contributed by atoms with Gasteiger partial charge in [-0.1, -0.05) is 39.0 Å². The molecule has 0 amide bonds. The number of aliphatic hydroxyl groups is 1. The fraction of sp³-hybridized carbons (Fsp3) is 0.217. The SMILES string of the molecule is CC(C)(C)c1ccc2c(=O)n(-c3cccc(-c4cc[nH]c4)c3CO)ncc2c1. The molecule has 142 valence electrons. The number of benzene rings is 2. The van der Waals surface area contributed by atoms with Crippen molar-refractivity contribution < 1.29 is 5.11 Å². The maximum atomic E-state index is 13.2. The van der Waals surface area contributed by atoms with Crippen LogP contribution in [0.25, 0.3) is 27.6 Å². The summed E-state index contributed by atoms with van der Waals surface area (Å²) in [4.78, 5) is 16.2. The van der Waals surface area contributed by atoms with E-state index in [1.54, 1.807) is 6.20 Å². The molecule has 0 aliphatic heterocycles. The quantitative estimate of drug-likeness (QED) is 0.566. The summed E-state index contributed by atoms with van der Waals surface area (Å²) >= 11 is 0. The second-order valence-corrected chi connectivity index (χ2v) is 7.97. The zero-order chi connectivity index (χ0) is 19.9. The van der Waals surface area contributed by atoms with Crippen molar-refractivity contribution in [2.24, 2.45) is 0 Å². The highest BCUT2D eigenvalue weighted by atomic mass is 16.3. The van der Waals surface area contributed by atoms with E-state index in [9.17, 15) is 9.90 Å². The molecular weight excluding hydrogens is 350 g/mol. The van der Waals surface area contributed by atoms with Crippen molar-refractivity contribution in [3.05, 3.63) is 82.5 Å². The second kappa shape index (κ2) is 6.77. The first-order valence-electron chi connectivity index (χ1n) is 9.29. The number of hydrogen-bond acceptors (Lipinski definition) is 3. The number of rotatable bonds is 3. The first kappa shape index (κ1) is 18.2. The van der Waals surface area contributed by atoms with Crippen LogP contribution in [0.4, 0.5) is 0 Å². The Morgan fingerprint density at radius 3 is 2.64 bits per heavy atom. The predicted molar refractivity (Wildman–Crippen MR) is 112 cm³/mol. The van der Waals surface area contributed by atoms with Crippen LogP contribution >= 0.6 is 0 Å². The van der Waals surface area contributed by atoms with E-state index in [1.165, 1.54) is 4.68 Å². The van der Waals surface area contributed by atoms with Crippen molar-refractivity contribution >= 4 is 10.8 Å². The molecule has 0 fully saturated rings. The number of nitrogens with zero attached hydrogens (tertiary/aromatic N) is 2. The highest BCUT2D eigenvalue weighted by Gasteiger charge is 2.17. The van der Waals surface area contributed by atoms with Gasteiger partial charge in [-0.15, -0.1) is 0 Å². The number of H-pyrrole nitrogens is 1. The molecule has 0 radical (unpaired) electrons. The molecule has 0 spiro atoms. The predicted octanol–water partition coefficient (Wildman–Crippen LogP) is 4.17. The van der Waals surface area contributed by atoms with Gasteiger partial charge in [-0.2, -0.15) is 9.78 Å². The molecule has 2 aromatic carbocycles. The highest BCUT2D eigenvalue weighted by molar-refractivity contribution is 5.82. The minimum absolute atomic E-state index is 0.00198. The fourth-order valence-electron chi connectivity index (χ4n) is 3.49. The van der Waals surface area contributed by atoms with E-state index in [0.29, 0.717) is 16.6 Å². The Hall–Kier alpha value is -3.18. The van der Waals surface area contributed by atoms with Crippen molar-refractivity contribution in [3.8, 4) is 16.8 Å². The molecule has 0 saturated carbocycles. The number of hydrogen-bond donors (Lipinski definition) is 2. The van der Waals surface area contributed by atoms with E-state index in [1.807, 2.05) is 54.9 Å². The number of aromatic amines is 1. The summed E-state index contributed by atoms with van der Waals surface area (Å²) in [7, 11) is 0. The van der Waals surface area contributed by atoms with Gasteiger partial charge >= 0.3 is 0 Å². The Balaban J connectivity index is 1.92. The van der Waals surface area contributed by atoms with Crippen molar-refractivity contribution in [2.75, 3.05) is 0 Å². The van der Waals surface area contributed by atoms with Gasteiger partial charge in [-0.3, -0.25) is 4.79 Å². The molecule has 4 aromatic rings. The molecule has 0 saturated heterocycles. The van der Waals surface area contributed by atoms with Crippen LogP contribution in [-0.2, 0) is 12.0 Å². The molecule has 2 heterocycles. The van der Waals surface area contributed by atoms with E-state index >= 15 is 0 Å². The molecular formula is C23H23N3O2. The number of fused-ring (bicyclic) bond motifs is 1. The Bertz CT molecular complexity index is 1200. The van der Waals surface area contributed by atoms with Crippen LogP contribution in [0.1, 0.15) is 31.9 Å². The third kappa shape index (κ3) is 3.04. The minimum Gasteiger partial charge on any atom is -0.392 e. The average molecular weight is 373 g/mol. The van der Waals surface area contributed by atoms with Gasteiger partial charge in [0.15, 0.2) is 0 Å². The van der Waals surface area contributed by atoms with Crippen LogP contribution in [-0.4, -0.2) is 19.9 Å². The largest absolute Gasteiger partial charge is 0.392 e. The Morgan fingerprint density at radius 2 is 1.96 bits per heavy atom. The average Bonchev–Trinajstić information content (AvgIpc) is 3.21. The summed E-state index contributed by atoms with van der Waals surface area (Å²) < 4.78 is 1.38. The summed E-state index contributed by atoms with van der Waals surface area (Å²) in [5, 5.41) is 15.9. The highest BCUT2D eigenvalue weighted by Crippen LogP contribution is 2.28. The van der Waals surface area contributed by atoms with Crippen LogP contribution in [0, 0.1) is 0 Å². The summed E-state index contributed by atoms with van der Waals surface area (Å²) in [5.41, 5.74) is 4.05. The topological polar surface area (TPSA) is 70.9 Å². The molecule has 0 bridgehead atoms. The Morgan fingerprint density at radius 1 is 1.14 bits per heavy atom. The van der Waals surface area contributed by atoms with Gasteiger partial charge in [0, 0.05) is 23.3 Å². The van der Waals surface area contributed by atoms with E-state index in [2.05, 4.69) is 30.9 Å². The monoisotopic (exact) mass is 373 g/mol. The standard InChI is InChI=1S/C23H23N3O2/c1-23(2,3)17-7-8-19-16(11-17)13-25-26(22(19)28)21-6-4-5-18(20(21)14-27)15-9-10-24-12-15/h4-13,24,27H,14H2,1-3H3. The Kier molecular flexibility index (Phi) is 4.40.